The Bertz CT molecular complexity index is 382. The van der Waals surface area contributed by atoms with Gasteiger partial charge in [0.25, 0.3) is 0 Å². The van der Waals surface area contributed by atoms with Crippen LogP contribution in [0.5, 0.6) is 0 Å². The van der Waals surface area contributed by atoms with E-state index in [1.54, 1.807) is 0 Å². The highest BCUT2D eigenvalue weighted by atomic mass is 15.1. The van der Waals surface area contributed by atoms with E-state index in [9.17, 15) is 0 Å². The van der Waals surface area contributed by atoms with Gasteiger partial charge in [0.1, 0.15) is 0 Å². The lowest BCUT2D eigenvalue weighted by atomic mass is 9.99. The topological polar surface area (TPSA) is 3.24 Å². The molecule has 0 N–H and O–H groups in total. The highest BCUT2D eigenvalue weighted by molar-refractivity contribution is 4.92. The Morgan fingerprint density at radius 1 is 0.484 bits per heavy atom. The van der Waals surface area contributed by atoms with Crippen molar-refractivity contribution < 1.29 is 0 Å². The molecule has 0 amide bonds. The predicted octanol–water partition coefficient (Wildman–Crippen LogP) is 10.3. The maximum Gasteiger partial charge on any atom is 0.00891 e. The van der Waals surface area contributed by atoms with Crippen LogP contribution >= 0.6 is 0 Å². The summed E-state index contributed by atoms with van der Waals surface area (Å²) in [6, 6.07) is 0.809. The largest absolute Gasteiger partial charge is 0.306 e. The van der Waals surface area contributed by atoms with Crippen LogP contribution in [0.1, 0.15) is 149 Å². The molecule has 31 heavy (non-hydrogen) atoms. The van der Waals surface area contributed by atoms with E-state index in [2.05, 4.69) is 57.1 Å². The average Bonchev–Trinajstić information content (AvgIpc) is 2.76. The smallest absolute Gasteiger partial charge is 0.00891 e. The van der Waals surface area contributed by atoms with Crippen LogP contribution in [0.2, 0.25) is 0 Å². The van der Waals surface area contributed by atoms with Crippen molar-refractivity contribution in [3.05, 3.63) is 24.3 Å². The van der Waals surface area contributed by atoms with Crippen molar-refractivity contribution in [3.8, 4) is 0 Å². The van der Waals surface area contributed by atoms with Crippen LogP contribution in [0.4, 0.5) is 0 Å². The van der Waals surface area contributed by atoms with Crippen molar-refractivity contribution in [1.29, 1.82) is 0 Å². The molecule has 0 bridgehead atoms. The predicted molar refractivity (Wildman–Crippen MR) is 144 cm³/mol. The normalized spacial score (nSPS) is 13.2. The molecule has 0 aromatic rings. The number of rotatable bonds is 24. The average molecular weight is 434 g/mol. The van der Waals surface area contributed by atoms with Gasteiger partial charge in [-0.15, -0.1) is 0 Å². The molecule has 1 unspecified atom stereocenters. The number of unbranched alkanes of at least 4 members (excludes halogenated alkanes) is 15. The van der Waals surface area contributed by atoms with Crippen LogP contribution in [0.25, 0.3) is 0 Å². The first-order valence-corrected chi connectivity index (χ1v) is 14.2. The SMILES string of the molecule is CCCCC/C=C\C/C=C\CCCCCCCCCC(CCCCCCCC)N(C)C. The maximum atomic E-state index is 2.47. The van der Waals surface area contributed by atoms with E-state index < -0.39 is 0 Å². The summed E-state index contributed by atoms with van der Waals surface area (Å²) in [5, 5.41) is 0. The van der Waals surface area contributed by atoms with Gasteiger partial charge in [-0.3, -0.25) is 0 Å². The summed E-state index contributed by atoms with van der Waals surface area (Å²) in [4.78, 5) is 2.47. The van der Waals surface area contributed by atoms with Crippen LogP contribution in [0, 0.1) is 0 Å². The quantitative estimate of drug-likeness (QED) is 0.108. The molecular formula is C30H59N. The molecule has 1 atom stereocenters. The fourth-order valence-electron chi connectivity index (χ4n) is 4.37. The van der Waals surface area contributed by atoms with Gasteiger partial charge in [-0.05, 0) is 59.0 Å². The van der Waals surface area contributed by atoms with Gasteiger partial charge in [-0.25, -0.2) is 0 Å². The molecule has 0 aromatic heterocycles. The molecule has 0 aromatic carbocycles. The molecule has 0 fully saturated rings. The highest BCUT2D eigenvalue weighted by Crippen LogP contribution is 2.17. The number of allylic oxidation sites excluding steroid dienone is 4. The van der Waals surface area contributed by atoms with E-state index in [1.807, 2.05) is 0 Å². The Morgan fingerprint density at radius 2 is 0.871 bits per heavy atom. The van der Waals surface area contributed by atoms with Gasteiger partial charge in [0.2, 0.25) is 0 Å². The molecule has 0 aliphatic heterocycles. The lowest BCUT2D eigenvalue weighted by Gasteiger charge is -2.24. The summed E-state index contributed by atoms with van der Waals surface area (Å²) in [6.45, 7) is 4.57. The minimum absolute atomic E-state index is 0.809. The van der Waals surface area contributed by atoms with Crippen molar-refractivity contribution in [1.82, 2.24) is 4.90 Å². The van der Waals surface area contributed by atoms with Gasteiger partial charge < -0.3 is 4.90 Å². The van der Waals surface area contributed by atoms with Gasteiger partial charge in [-0.2, -0.15) is 0 Å². The van der Waals surface area contributed by atoms with Crippen LogP contribution in [-0.4, -0.2) is 25.0 Å². The van der Waals surface area contributed by atoms with Crippen molar-refractivity contribution in [2.24, 2.45) is 0 Å². The second kappa shape index (κ2) is 25.7. The first-order valence-electron chi connectivity index (χ1n) is 14.2. The molecule has 0 heterocycles. The van der Waals surface area contributed by atoms with Gasteiger partial charge in [0.05, 0.1) is 0 Å². The second-order valence-electron chi connectivity index (χ2n) is 9.90. The monoisotopic (exact) mass is 433 g/mol. The summed E-state index contributed by atoms with van der Waals surface area (Å²) >= 11 is 0. The third kappa shape index (κ3) is 23.9. The van der Waals surface area contributed by atoms with Gasteiger partial charge in [0.15, 0.2) is 0 Å². The number of hydrogen-bond acceptors (Lipinski definition) is 1. The van der Waals surface area contributed by atoms with Gasteiger partial charge in [-0.1, -0.05) is 128 Å². The van der Waals surface area contributed by atoms with Crippen molar-refractivity contribution in [2.75, 3.05) is 14.1 Å². The van der Waals surface area contributed by atoms with E-state index >= 15 is 0 Å². The molecular weight excluding hydrogens is 374 g/mol. The molecule has 184 valence electrons. The first-order chi connectivity index (χ1) is 15.2. The van der Waals surface area contributed by atoms with E-state index in [0.29, 0.717) is 0 Å². The fraction of sp³-hybridized carbons (Fsp3) is 0.867. The molecule has 0 saturated carbocycles. The summed E-state index contributed by atoms with van der Waals surface area (Å²) < 4.78 is 0. The summed E-state index contributed by atoms with van der Waals surface area (Å²) in [7, 11) is 4.56. The van der Waals surface area contributed by atoms with Crippen LogP contribution in [0.3, 0.4) is 0 Å². The lowest BCUT2D eigenvalue weighted by molar-refractivity contribution is 0.251. The third-order valence-electron chi connectivity index (χ3n) is 6.61. The molecule has 1 nitrogen and oxygen atoms in total. The van der Waals surface area contributed by atoms with E-state index in [-0.39, 0.29) is 0 Å². The van der Waals surface area contributed by atoms with Crippen LogP contribution in [-0.2, 0) is 0 Å². The Balaban J connectivity index is 3.45. The zero-order chi connectivity index (χ0) is 22.8. The Hall–Kier alpha value is -0.560. The van der Waals surface area contributed by atoms with Crippen LogP contribution < -0.4 is 0 Å². The molecule has 0 radical (unpaired) electrons. The standard InChI is InChI=1S/C30H59N/c1-5-7-9-11-13-14-15-16-17-18-19-20-21-22-23-25-27-29-30(31(3)4)28-26-24-12-10-8-6-2/h13-14,16-17,30H,5-12,15,18-29H2,1-4H3/b14-13-,17-16-. The van der Waals surface area contributed by atoms with E-state index in [4.69, 9.17) is 0 Å². The zero-order valence-electron chi connectivity index (χ0n) is 22.2. The Labute approximate surface area is 198 Å². The van der Waals surface area contributed by atoms with Crippen molar-refractivity contribution in [2.45, 2.75) is 155 Å². The second-order valence-corrected chi connectivity index (χ2v) is 9.90. The van der Waals surface area contributed by atoms with E-state index in [1.165, 1.54) is 128 Å². The first kappa shape index (κ1) is 30.4. The molecule has 0 spiro atoms. The van der Waals surface area contributed by atoms with Gasteiger partial charge >= 0.3 is 0 Å². The third-order valence-corrected chi connectivity index (χ3v) is 6.61. The molecule has 1 heteroatoms. The summed E-state index contributed by atoms with van der Waals surface area (Å²) in [5.74, 6) is 0. The van der Waals surface area contributed by atoms with Gasteiger partial charge in [0, 0.05) is 6.04 Å². The maximum absolute atomic E-state index is 2.47. The molecule has 0 rings (SSSR count). The van der Waals surface area contributed by atoms with Crippen molar-refractivity contribution in [3.63, 3.8) is 0 Å². The Kier molecular flexibility index (Phi) is 25.2. The highest BCUT2D eigenvalue weighted by Gasteiger charge is 2.10. The summed E-state index contributed by atoms with van der Waals surface area (Å²) in [6.07, 6.45) is 38.4. The number of nitrogens with zero attached hydrogens (tertiary/aromatic N) is 1. The van der Waals surface area contributed by atoms with E-state index in [0.717, 1.165) is 12.5 Å². The zero-order valence-corrected chi connectivity index (χ0v) is 22.2. The molecule has 0 aliphatic carbocycles. The molecule has 0 aliphatic rings. The Morgan fingerprint density at radius 3 is 1.35 bits per heavy atom. The lowest BCUT2D eigenvalue weighted by Crippen LogP contribution is -2.27. The minimum atomic E-state index is 0.809. The van der Waals surface area contributed by atoms with Crippen molar-refractivity contribution >= 4 is 0 Å². The van der Waals surface area contributed by atoms with Crippen LogP contribution in [0.15, 0.2) is 24.3 Å². The summed E-state index contributed by atoms with van der Waals surface area (Å²) in [5.41, 5.74) is 0. The fourth-order valence-corrected chi connectivity index (χ4v) is 4.37. The minimum Gasteiger partial charge on any atom is -0.306 e. The molecule has 0 saturated heterocycles. The number of hydrogen-bond donors (Lipinski definition) is 0.